The predicted molar refractivity (Wildman–Crippen MR) is 194 cm³/mol. The van der Waals surface area contributed by atoms with E-state index in [0.717, 1.165) is 45.4 Å². The van der Waals surface area contributed by atoms with Crippen molar-refractivity contribution in [2.45, 2.75) is 108 Å². The number of hydroxylamine groups is 2. The SMILES string of the molecule is CCCC[C@](NC(=O)c1cc(OCC(=O)N2CCC[C@H]2C(=O)NC2CCC2)n(-c2ccccc2)n1)(OC(C)=O)C(=O)N1CCN(OC(=O)OC2CCC2)CC1. The van der Waals surface area contributed by atoms with E-state index in [1.165, 1.54) is 25.6 Å². The molecule has 2 N–H and O–H groups in total. The van der Waals surface area contributed by atoms with Gasteiger partial charge in [-0.3, -0.25) is 24.0 Å². The van der Waals surface area contributed by atoms with E-state index < -0.39 is 42.3 Å². The van der Waals surface area contributed by atoms with Crippen LogP contribution in [0.3, 0.4) is 0 Å². The average Bonchev–Trinajstić information content (AvgIpc) is 3.81. The summed E-state index contributed by atoms with van der Waals surface area (Å²) in [5.74, 6) is -2.68. The van der Waals surface area contributed by atoms with Crippen LogP contribution >= 0.6 is 0 Å². The van der Waals surface area contributed by atoms with Gasteiger partial charge in [0.25, 0.3) is 23.4 Å². The summed E-state index contributed by atoms with van der Waals surface area (Å²) in [4.78, 5) is 87.7. The lowest BCUT2D eigenvalue weighted by Gasteiger charge is -2.40. The van der Waals surface area contributed by atoms with Crippen molar-refractivity contribution < 1.29 is 47.8 Å². The Labute approximate surface area is 319 Å². The molecule has 4 aliphatic rings. The molecule has 2 saturated heterocycles. The summed E-state index contributed by atoms with van der Waals surface area (Å²) >= 11 is 0. The molecule has 0 unspecified atom stereocenters. The van der Waals surface area contributed by atoms with Crippen molar-refractivity contribution in [3.8, 4) is 11.6 Å². The molecule has 2 aromatic rings. The van der Waals surface area contributed by atoms with Crippen molar-refractivity contribution in [1.82, 2.24) is 35.3 Å². The quantitative estimate of drug-likeness (QED) is 0.200. The third kappa shape index (κ3) is 9.74. The van der Waals surface area contributed by atoms with Gasteiger partial charge in [0.05, 0.1) is 18.8 Å². The van der Waals surface area contributed by atoms with E-state index in [1.54, 1.807) is 24.3 Å². The van der Waals surface area contributed by atoms with Crippen LogP contribution in [0, 0.1) is 0 Å². The molecular formula is C38H51N7O10. The van der Waals surface area contributed by atoms with E-state index in [0.29, 0.717) is 37.9 Å². The average molecular weight is 766 g/mol. The summed E-state index contributed by atoms with van der Waals surface area (Å²) in [7, 11) is 0. The van der Waals surface area contributed by atoms with Gasteiger partial charge in [-0.15, -0.1) is 5.06 Å². The second kappa shape index (κ2) is 18.0. The van der Waals surface area contributed by atoms with Crippen LogP contribution < -0.4 is 15.4 Å². The number of amides is 4. The summed E-state index contributed by atoms with van der Waals surface area (Å²) in [6.45, 7) is 3.67. The standard InChI is InChI=1S/C38H51N7O10/c1-3-4-18-38(54-26(2)46,36(50)42-20-22-43(23-21-42)55-37(51)53-29-15-9-16-29)40-34(48)30-24-33(45(41-30)28-13-6-5-7-14-28)52-25-32(47)44-19-10-17-31(44)35(49)39-27-11-8-12-27/h5-7,13-14,24,27,29,31H,3-4,8-12,15-23,25H2,1-2H3,(H,39,49)(H,40,48)/t31-,38-/m0/s1. The number of nitrogens with one attached hydrogen (secondary N) is 2. The fraction of sp³-hybridized carbons (Fsp3) is 0.605. The molecule has 0 radical (unpaired) electrons. The van der Waals surface area contributed by atoms with Crippen LogP contribution in [-0.4, -0.2) is 124 Å². The van der Waals surface area contributed by atoms with Gasteiger partial charge in [-0.25, -0.2) is 9.48 Å². The van der Waals surface area contributed by atoms with Crippen molar-refractivity contribution in [2.75, 3.05) is 39.3 Å². The number of para-hydroxylation sites is 1. The van der Waals surface area contributed by atoms with Crippen molar-refractivity contribution in [3.63, 3.8) is 0 Å². The summed E-state index contributed by atoms with van der Waals surface area (Å²) in [6.07, 6.45) is 6.96. The van der Waals surface area contributed by atoms with Gasteiger partial charge in [0.15, 0.2) is 12.3 Å². The summed E-state index contributed by atoms with van der Waals surface area (Å²) < 4.78 is 18.3. The number of hydrogen-bond acceptors (Lipinski definition) is 12. The minimum atomic E-state index is -2.07. The van der Waals surface area contributed by atoms with Crippen LogP contribution in [0.15, 0.2) is 36.4 Å². The molecule has 0 spiro atoms. The van der Waals surface area contributed by atoms with Crippen molar-refractivity contribution in [2.24, 2.45) is 0 Å². The number of hydrogen-bond donors (Lipinski definition) is 2. The first-order valence-corrected chi connectivity index (χ1v) is 19.4. The molecule has 2 aliphatic heterocycles. The first-order valence-electron chi connectivity index (χ1n) is 19.4. The zero-order valence-corrected chi connectivity index (χ0v) is 31.5. The smallest absolute Gasteiger partial charge is 0.467 e. The van der Waals surface area contributed by atoms with E-state index >= 15 is 0 Å². The third-order valence-electron chi connectivity index (χ3n) is 10.5. The second-order valence-electron chi connectivity index (χ2n) is 14.5. The molecule has 0 bridgehead atoms. The number of unbranched alkanes of at least 4 members (excludes halogenated alkanes) is 1. The number of carbonyl (C=O) groups excluding carboxylic acids is 6. The van der Waals surface area contributed by atoms with E-state index in [-0.39, 0.29) is 68.1 Å². The number of esters is 1. The van der Waals surface area contributed by atoms with Crippen LogP contribution in [0.4, 0.5) is 4.79 Å². The maximum Gasteiger partial charge on any atom is 0.528 e. The number of carbonyl (C=O) groups is 6. The fourth-order valence-corrected chi connectivity index (χ4v) is 6.99. The summed E-state index contributed by atoms with van der Waals surface area (Å²) in [5, 5.41) is 11.6. The highest BCUT2D eigenvalue weighted by Crippen LogP contribution is 2.27. The Kier molecular flexibility index (Phi) is 12.9. The Morgan fingerprint density at radius 1 is 0.909 bits per heavy atom. The van der Waals surface area contributed by atoms with Gasteiger partial charge in [-0.2, -0.15) is 5.10 Å². The van der Waals surface area contributed by atoms with Gasteiger partial charge in [0.2, 0.25) is 11.8 Å². The summed E-state index contributed by atoms with van der Waals surface area (Å²) in [5.41, 5.74) is -1.69. The van der Waals surface area contributed by atoms with E-state index in [2.05, 4.69) is 15.7 Å². The zero-order valence-electron chi connectivity index (χ0n) is 31.5. The second-order valence-corrected chi connectivity index (χ2v) is 14.5. The lowest BCUT2D eigenvalue weighted by molar-refractivity contribution is -0.185. The molecule has 6 rings (SSSR count). The Morgan fingerprint density at radius 3 is 2.27 bits per heavy atom. The van der Waals surface area contributed by atoms with Crippen LogP contribution in [0.25, 0.3) is 5.69 Å². The van der Waals surface area contributed by atoms with Crippen molar-refractivity contribution in [1.29, 1.82) is 0 Å². The summed E-state index contributed by atoms with van der Waals surface area (Å²) in [6, 6.07) is 9.78. The third-order valence-corrected chi connectivity index (χ3v) is 10.5. The Bertz CT molecular complexity index is 1700. The Balaban J connectivity index is 1.16. The normalized spacial score (nSPS) is 20.0. The predicted octanol–water partition coefficient (Wildman–Crippen LogP) is 2.86. The topological polar surface area (TPSA) is 191 Å². The van der Waals surface area contributed by atoms with Crippen LogP contribution in [0.2, 0.25) is 0 Å². The number of ether oxygens (including phenoxy) is 3. The molecule has 17 nitrogen and oxygen atoms in total. The van der Waals surface area contributed by atoms with E-state index in [9.17, 15) is 28.8 Å². The monoisotopic (exact) mass is 765 g/mol. The maximum atomic E-state index is 14.3. The molecule has 4 amide bonds. The van der Waals surface area contributed by atoms with Gasteiger partial charge in [0, 0.05) is 45.1 Å². The van der Waals surface area contributed by atoms with Crippen LogP contribution in [0.1, 0.15) is 95.0 Å². The lowest BCUT2D eigenvalue weighted by atomic mass is 9.93. The molecular weight excluding hydrogens is 714 g/mol. The van der Waals surface area contributed by atoms with Gasteiger partial charge in [-0.05, 0) is 69.9 Å². The highest BCUT2D eigenvalue weighted by molar-refractivity contribution is 5.98. The van der Waals surface area contributed by atoms with Crippen molar-refractivity contribution in [3.05, 3.63) is 42.1 Å². The Morgan fingerprint density at radius 2 is 1.64 bits per heavy atom. The molecule has 1 aromatic heterocycles. The maximum absolute atomic E-state index is 14.3. The van der Waals surface area contributed by atoms with Gasteiger partial charge >= 0.3 is 12.1 Å². The largest absolute Gasteiger partial charge is 0.528 e. The molecule has 2 aliphatic carbocycles. The fourth-order valence-electron chi connectivity index (χ4n) is 6.99. The van der Waals surface area contributed by atoms with Gasteiger partial charge in [0.1, 0.15) is 12.1 Å². The minimum Gasteiger partial charge on any atom is -0.467 e. The molecule has 2 saturated carbocycles. The molecule has 298 valence electrons. The number of piperazine rings is 1. The highest BCUT2D eigenvalue weighted by Gasteiger charge is 2.47. The molecule has 2 atom stereocenters. The number of nitrogens with zero attached hydrogens (tertiary/aromatic N) is 5. The molecule has 17 heteroatoms. The lowest BCUT2D eigenvalue weighted by Crippen LogP contribution is -2.64. The van der Waals surface area contributed by atoms with Crippen LogP contribution in [-0.2, 0) is 33.5 Å². The molecule has 3 heterocycles. The number of likely N-dealkylation sites (tertiary alicyclic amines) is 1. The highest BCUT2D eigenvalue weighted by atomic mass is 16.8. The number of benzene rings is 1. The van der Waals surface area contributed by atoms with Gasteiger partial charge in [-0.1, -0.05) is 31.5 Å². The molecule has 55 heavy (non-hydrogen) atoms. The Hall–Kier alpha value is -5.19. The minimum absolute atomic E-state index is 0.0132. The van der Waals surface area contributed by atoms with Crippen LogP contribution in [0.5, 0.6) is 5.88 Å². The van der Waals surface area contributed by atoms with Gasteiger partial charge < -0.3 is 39.5 Å². The number of aromatic nitrogens is 2. The van der Waals surface area contributed by atoms with Crippen molar-refractivity contribution >= 4 is 35.8 Å². The van der Waals surface area contributed by atoms with E-state index in [1.807, 2.05) is 13.0 Å². The first kappa shape index (κ1) is 39.5. The first-order chi connectivity index (χ1) is 26.5. The molecule has 4 fully saturated rings. The zero-order chi connectivity index (χ0) is 39.0. The number of rotatable bonds is 15. The molecule has 1 aromatic carbocycles. The van der Waals surface area contributed by atoms with E-state index in [4.69, 9.17) is 19.0 Å².